The lowest BCUT2D eigenvalue weighted by molar-refractivity contribution is -0.0502. The maximum Gasteiger partial charge on any atom is 0.387 e. The normalized spacial score (nSPS) is 14.6. The first kappa shape index (κ1) is 18.3. The number of nitrogens with one attached hydrogen (secondary N) is 1. The zero-order valence-corrected chi connectivity index (χ0v) is 14.7. The molecule has 1 amide bonds. The summed E-state index contributed by atoms with van der Waals surface area (Å²) in [5.74, 6) is -0.217. The molecule has 0 aromatic heterocycles. The molecule has 1 heterocycles. The van der Waals surface area contributed by atoms with Gasteiger partial charge in [0.25, 0.3) is 5.91 Å². The molecule has 26 heavy (non-hydrogen) atoms. The predicted molar refractivity (Wildman–Crippen MR) is 96.7 cm³/mol. The second kappa shape index (κ2) is 8.27. The van der Waals surface area contributed by atoms with E-state index >= 15 is 0 Å². The van der Waals surface area contributed by atoms with E-state index in [1.807, 2.05) is 18.2 Å². The van der Waals surface area contributed by atoms with Gasteiger partial charge in [-0.1, -0.05) is 18.2 Å². The number of likely N-dealkylation sites (tertiary alicyclic amines) is 1. The highest BCUT2D eigenvalue weighted by molar-refractivity contribution is 6.04. The van der Waals surface area contributed by atoms with Crippen molar-refractivity contribution in [3.8, 4) is 5.75 Å². The van der Waals surface area contributed by atoms with E-state index in [1.165, 1.54) is 18.9 Å². The van der Waals surface area contributed by atoms with Gasteiger partial charge in [-0.25, -0.2) is 0 Å². The first-order valence-corrected chi connectivity index (χ1v) is 8.70. The van der Waals surface area contributed by atoms with E-state index < -0.39 is 6.61 Å². The zero-order chi connectivity index (χ0) is 18.5. The van der Waals surface area contributed by atoms with E-state index in [4.69, 9.17) is 0 Å². The Morgan fingerprint density at radius 2 is 1.92 bits per heavy atom. The third-order valence-corrected chi connectivity index (χ3v) is 4.54. The third kappa shape index (κ3) is 4.58. The Morgan fingerprint density at radius 3 is 2.65 bits per heavy atom. The number of benzene rings is 2. The van der Waals surface area contributed by atoms with Crippen molar-refractivity contribution < 1.29 is 18.3 Å². The maximum absolute atomic E-state index is 12.6. The Bertz CT molecular complexity index is 774. The van der Waals surface area contributed by atoms with Crippen molar-refractivity contribution in [3.05, 3.63) is 59.2 Å². The smallest absolute Gasteiger partial charge is 0.387 e. The van der Waals surface area contributed by atoms with E-state index in [2.05, 4.69) is 15.0 Å². The van der Waals surface area contributed by atoms with Crippen LogP contribution in [0.5, 0.6) is 5.75 Å². The molecule has 2 aromatic rings. The molecule has 1 saturated heterocycles. The number of hydrogen-bond donors (Lipinski definition) is 1. The molecular formula is C20H22F2N2O2. The van der Waals surface area contributed by atoms with Crippen LogP contribution in [0, 0.1) is 6.92 Å². The highest BCUT2D eigenvalue weighted by Crippen LogP contribution is 2.27. The molecule has 0 spiro atoms. The molecule has 0 aliphatic carbocycles. The molecule has 0 saturated carbocycles. The molecule has 0 bridgehead atoms. The molecule has 1 aliphatic rings. The number of hydrogen-bond acceptors (Lipinski definition) is 3. The fraction of sp³-hybridized carbons (Fsp3) is 0.350. The van der Waals surface area contributed by atoms with Gasteiger partial charge in [-0.05, 0) is 62.7 Å². The SMILES string of the molecule is Cc1c(NC(=O)c2cccc(CN3CCCC3)c2)cccc1OC(F)F. The lowest BCUT2D eigenvalue weighted by atomic mass is 10.1. The number of halogens is 2. The number of anilines is 1. The monoisotopic (exact) mass is 360 g/mol. The summed E-state index contributed by atoms with van der Waals surface area (Å²) < 4.78 is 29.4. The van der Waals surface area contributed by atoms with Gasteiger partial charge in [-0.15, -0.1) is 0 Å². The second-order valence-electron chi connectivity index (χ2n) is 6.44. The summed E-state index contributed by atoms with van der Waals surface area (Å²) in [5, 5.41) is 2.78. The van der Waals surface area contributed by atoms with Crippen LogP contribution in [-0.4, -0.2) is 30.5 Å². The van der Waals surface area contributed by atoms with Gasteiger partial charge in [0.15, 0.2) is 0 Å². The summed E-state index contributed by atoms with van der Waals surface area (Å²) in [6.07, 6.45) is 2.44. The maximum atomic E-state index is 12.6. The van der Waals surface area contributed by atoms with Crippen molar-refractivity contribution >= 4 is 11.6 Å². The van der Waals surface area contributed by atoms with Crippen molar-refractivity contribution in [3.63, 3.8) is 0 Å². The van der Waals surface area contributed by atoms with Crippen molar-refractivity contribution in [2.24, 2.45) is 0 Å². The number of alkyl halides is 2. The number of rotatable bonds is 6. The fourth-order valence-corrected chi connectivity index (χ4v) is 3.18. The largest absolute Gasteiger partial charge is 0.434 e. The van der Waals surface area contributed by atoms with Crippen molar-refractivity contribution in [2.45, 2.75) is 32.9 Å². The van der Waals surface area contributed by atoms with E-state index in [-0.39, 0.29) is 11.7 Å². The first-order chi connectivity index (χ1) is 12.5. The Balaban J connectivity index is 1.72. The van der Waals surface area contributed by atoms with E-state index in [9.17, 15) is 13.6 Å². The molecule has 0 unspecified atom stereocenters. The molecule has 1 aliphatic heterocycles. The van der Waals surface area contributed by atoms with Crippen LogP contribution in [0.25, 0.3) is 0 Å². The van der Waals surface area contributed by atoms with Crippen molar-refractivity contribution in [1.29, 1.82) is 0 Å². The zero-order valence-electron chi connectivity index (χ0n) is 14.7. The molecule has 138 valence electrons. The lowest BCUT2D eigenvalue weighted by Crippen LogP contribution is -2.19. The van der Waals surface area contributed by atoms with Crippen LogP contribution < -0.4 is 10.1 Å². The summed E-state index contributed by atoms with van der Waals surface area (Å²) >= 11 is 0. The number of carbonyl (C=O) groups is 1. The van der Waals surface area contributed by atoms with Crippen LogP contribution in [0.3, 0.4) is 0 Å². The van der Waals surface area contributed by atoms with Gasteiger partial charge in [-0.3, -0.25) is 9.69 Å². The van der Waals surface area contributed by atoms with Crippen LogP contribution in [0.1, 0.15) is 34.3 Å². The minimum absolute atomic E-state index is 0.0561. The van der Waals surface area contributed by atoms with E-state index in [0.29, 0.717) is 16.8 Å². The molecule has 1 N–H and O–H groups in total. The molecular weight excluding hydrogens is 338 g/mol. The van der Waals surface area contributed by atoms with Crippen LogP contribution in [0.15, 0.2) is 42.5 Å². The van der Waals surface area contributed by atoms with Gasteiger partial charge in [0.2, 0.25) is 0 Å². The molecule has 1 fully saturated rings. The summed E-state index contributed by atoms with van der Waals surface area (Å²) in [4.78, 5) is 14.9. The molecule has 2 aromatic carbocycles. The number of amides is 1. The number of ether oxygens (including phenoxy) is 1. The average molecular weight is 360 g/mol. The predicted octanol–water partition coefficient (Wildman–Crippen LogP) is 4.44. The minimum atomic E-state index is -2.90. The van der Waals surface area contributed by atoms with Crippen molar-refractivity contribution in [1.82, 2.24) is 4.90 Å². The molecule has 0 atom stereocenters. The van der Waals surface area contributed by atoms with Gasteiger partial charge in [-0.2, -0.15) is 8.78 Å². The minimum Gasteiger partial charge on any atom is -0.434 e. The van der Waals surface area contributed by atoms with Crippen LogP contribution in [0.4, 0.5) is 14.5 Å². The molecule has 0 radical (unpaired) electrons. The lowest BCUT2D eigenvalue weighted by Gasteiger charge is -2.16. The van der Waals surface area contributed by atoms with Gasteiger partial charge in [0, 0.05) is 23.4 Å². The van der Waals surface area contributed by atoms with Crippen molar-refractivity contribution in [2.75, 3.05) is 18.4 Å². The standard InChI is InChI=1S/C20H22F2N2O2/c1-14-17(8-5-9-18(14)26-20(21)22)23-19(25)16-7-4-6-15(12-16)13-24-10-2-3-11-24/h4-9,12,20H,2-3,10-11,13H2,1H3,(H,23,25). The third-order valence-electron chi connectivity index (χ3n) is 4.54. The highest BCUT2D eigenvalue weighted by atomic mass is 19.3. The number of nitrogens with zero attached hydrogens (tertiary/aromatic N) is 1. The van der Waals surface area contributed by atoms with E-state index in [0.717, 1.165) is 25.2 Å². The summed E-state index contributed by atoms with van der Waals surface area (Å²) in [7, 11) is 0. The highest BCUT2D eigenvalue weighted by Gasteiger charge is 2.15. The fourth-order valence-electron chi connectivity index (χ4n) is 3.18. The average Bonchev–Trinajstić information content (AvgIpc) is 3.11. The Morgan fingerprint density at radius 1 is 1.19 bits per heavy atom. The van der Waals surface area contributed by atoms with E-state index in [1.54, 1.807) is 25.1 Å². The second-order valence-corrected chi connectivity index (χ2v) is 6.44. The summed E-state index contributed by atoms with van der Waals surface area (Å²) in [5.41, 5.74) is 2.56. The molecule has 3 rings (SSSR count). The van der Waals surface area contributed by atoms with Gasteiger partial charge >= 0.3 is 6.61 Å². The number of carbonyl (C=O) groups excluding carboxylic acids is 1. The molecule has 4 nitrogen and oxygen atoms in total. The Kier molecular flexibility index (Phi) is 5.83. The quantitative estimate of drug-likeness (QED) is 0.828. The van der Waals surface area contributed by atoms with Crippen LogP contribution in [-0.2, 0) is 6.54 Å². The van der Waals surface area contributed by atoms with Gasteiger partial charge < -0.3 is 10.1 Å². The summed E-state index contributed by atoms with van der Waals surface area (Å²) in [6, 6.07) is 12.2. The Labute approximate surface area is 151 Å². The first-order valence-electron chi connectivity index (χ1n) is 8.70. The Hall–Kier alpha value is -2.47. The van der Waals surface area contributed by atoms with Crippen LogP contribution in [0.2, 0.25) is 0 Å². The van der Waals surface area contributed by atoms with Crippen LogP contribution >= 0.6 is 0 Å². The van der Waals surface area contributed by atoms with Gasteiger partial charge in [0.1, 0.15) is 5.75 Å². The summed E-state index contributed by atoms with van der Waals surface area (Å²) in [6.45, 7) is 1.75. The van der Waals surface area contributed by atoms with Gasteiger partial charge in [0.05, 0.1) is 0 Å². The molecule has 6 heteroatoms. The topological polar surface area (TPSA) is 41.6 Å².